The van der Waals surface area contributed by atoms with Crippen LogP contribution in [0.5, 0.6) is 0 Å². The van der Waals surface area contributed by atoms with Crippen molar-refractivity contribution in [1.82, 2.24) is 19.9 Å². The quantitative estimate of drug-likeness (QED) is 0.770. The zero-order valence-corrected chi connectivity index (χ0v) is 14.4. The lowest BCUT2D eigenvalue weighted by Gasteiger charge is -2.11. The van der Waals surface area contributed by atoms with Gasteiger partial charge in [0, 0.05) is 28.5 Å². The van der Waals surface area contributed by atoms with Crippen molar-refractivity contribution in [3.8, 4) is 11.5 Å². The van der Waals surface area contributed by atoms with Gasteiger partial charge in [0.05, 0.1) is 6.54 Å². The first-order valence-corrected chi connectivity index (χ1v) is 9.14. The largest absolute Gasteiger partial charge is 0.363 e. The molecule has 0 fully saturated rings. The molecule has 0 amide bonds. The summed E-state index contributed by atoms with van der Waals surface area (Å²) in [4.78, 5) is 19.7. The minimum absolute atomic E-state index is 0.701. The summed E-state index contributed by atoms with van der Waals surface area (Å²) >= 11 is 1.76. The van der Waals surface area contributed by atoms with Gasteiger partial charge in [-0.2, -0.15) is 0 Å². The van der Waals surface area contributed by atoms with Gasteiger partial charge in [0.1, 0.15) is 16.5 Å². The molecule has 24 heavy (non-hydrogen) atoms. The van der Waals surface area contributed by atoms with E-state index in [1.165, 1.54) is 10.4 Å². The van der Waals surface area contributed by atoms with E-state index in [4.69, 9.17) is 9.97 Å². The molecule has 1 aliphatic rings. The van der Waals surface area contributed by atoms with Crippen molar-refractivity contribution >= 4 is 17.2 Å². The van der Waals surface area contributed by atoms with E-state index in [9.17, 15) is 0 Å². The van der Waals surface area contributed by atoms with Gasteiger partial charge in [-0.15, -0.1) is 11.3 Å². The van der Waals surface area contributed by atoms with Crippen LogP contribution in [0.1, 0.15) is 34.5 Å². The first-order chi connectivity index (χ1) is 11.8. The van der Waals surface area contributed by atoms with Crippen LogP contribution in [0.15, 0.2) is 30.6 Å². The maximum absolute atomic E-state index is 4.75. The van der Waals surface area contributed by atoms with Crippen molar-refractivity contribution in [3.05, 3.63) is 51.7 Å². The standard InChI is InChI=1S/C18H19N5S/c1-2-12-10-20-16(24-12)11-21-17-13-6-5-8-14(13)22-18(23-17)15-7-3-4-9-19-15/h3-4,7,9-10H,2,5-6,8,11H2,1H3,(H,21,22,23). The molecule has 1 aliphatic carbocycles. The fourth-order valence-electron chi connectivity index (χ4n) is 2.94. The van der Waals surface area contributed by atoms with Gasteiger partial charge in [0.15, 0.2) is 5.82 Å². The fourth-order valence-corrected chi connectivity index (χ4v) is 3.74. The predicted molar refractivity (Wildman–Crippen MR) is 96.1 cm³/mol. The van der Waals surface area contributed by atoms with Gasteiger partial charge in [-0.05, 0) is 37.8 Å². The third-order valence-electron chi connectivity index (χ3n) is 4.18. The number of aromatic nitrogens is 4. The number of aryl methyl sites for hydroxylation is 2. The molecule has 1 N–H and O–H groups in total. The zero-order chi connectivity index (χ0) is 16.4. The van der Waals surface area contributed by atoms with Gasteiger partial charge in [-0.25, -0.2) is 15.0 Å². The van der Waals surface area contributed by atoms with Gasteiger partial charge in [0.2, 0.25) is 0 Å². The SMILES string of the molecule is CCc1cnc(CNc2nc(-c3ccccn3)nc3c2CCC3)s1. The van der Waals surface area contributed by atoms with E-state index < -0.39 is 0 Å². The average Bonchev–Trinajstić information content (AvgIpc) is 3.29. The number of hydrogen-bond donors (Lipinski definition) is 1. The van der Waals surface area contributed by atoms with E-state index in [1.807, 2.05) is 24.4 Å². The first kappa shape index (κ1) is 15.2. The smallest absolute Gasteiger partial charge is 0.180 e. The fraction of sp³-hybridized carbons (Fsp3) is 0.333. The molecule has 3 heterocycles. The van der Waals surface area contributed by atoms with Crippen LogP contribution in [0.25, 0.3) is 11.5 Å². The lowest BCUT2D eigenvalue weighted by atomic mass is 10.2. The molecule has 4 rings (SSSR count). The Morgan fingerprint density at radius 3 is 2.92 bits per heavy atom. The highest BCUT2D eigenvalue weighted by Gasteiger charge is 2.20. The van der Waals surface area contributed by atoms with Crippen molar-refractivity contribution in [2.45, 2.75) is 39.2 Å². The van der Waals surface area contributed by atoms with Crippen LogP contribution in [0.2, 0.25) is 0 Å². The molecule has 0 aliphatic heterocycles. The van der Waals surface area contributed by atoms with E-state index in [0.29, 0.717) is 12.4 Å². The van der Waals surface area contributed by atoms with E-state index in [0.717, 1.165) is 47.9 Å². The molecular formula is C18H19N5S. The second kappa shape index (κ2) is 6.65. The minimum Gasteiger partial charge on any atom is -0.363 e. The minimum atomic E-state index is 0.701. The number of anilines is 1. The van der Waals surface area contributed by atoms with Crippen LogP contribution in [-0.2, 0) is 25.8 Å². The van der Waals surface area contributed by atoms with E-state index >= 15 is 0 Å². The van der Waals surface area contributed by atoms with Gasteiger partial charge in [0.25, 0.3) is 0 Å². The van der Waals surface area contributed by atoms with Gasteiger partial charge < -0.3 is 5.32 Å². The predicted octanol–water partition coefficient (Wildman–Crippen LogP) is 3.66. The monoisotopic (exact) mass is 337 g/mol. The highest BCUT2D eigenvalue weighted by Crippen LogP contribution is 2.29. The van der Waals surface area contributed by atoms with E-state index in [-0.39, 0.29) is 0 Å². The Hall–Kier alpha value is -2.34. The van der Waals surface area contributed by atoms with Crippen molar-refractivity contribution in [1.29, 1.82) is 0 Å². The number of rotatable bonds is 5. The highest BCUT2D eigenvalue weighted by atomic mass is 32.1. The number of nitrogens with one attached hydrogen (secondary N) is 1. The number of pyridine rings is 1. The second-order valence-corrected chi connectivity index (χ2v) is 7.02. The van der Waals surface area contributed by atoms with Crippen LogP contribution < -0.4 is 5.32 Å². The van der Waals surface area contributed by atoms with Crippen molar-refractivity contribution in [2.24, 2.45) is 0 Å². The molecule has 0 spiro atoms. The molecule has 0 aromatic carbocycles. The topological polar surface area (TPSA) is 63.6 Å². The van der Waals surface area contributed by atoms with Crippen LogP contribution in [0.3, 0.4) is 0 Å². The highest BCUT2D eigenvalue weighted by molar-refractivity contribution is 7.11. The van der Waals surface area contributed by atoms with Crippen LogP contribution in [-0.4, -0.2) is 19.9 Å². The molecule has 0 saturated heterocycles. The summed E-state index contributed by atoms with van der Waals surface area (Å²) < 4.78 is 0. The lowest BCUT2D eigenvalue weighted by molar-refractivity contribution is 0.899. The Bertz CT molecular complexity index is 844. The normalized spacial score (nSPS) is 13.0. The van der Waals surface area contributed by atoms with E-state index in [1.54, 1.807) is 17.5 Å². The summed E-state index contributed by atoms with van der Waals surface area (Å²) in [6.07, 6.45) is 7.97. The van der Waals surface area contributed by atoms with E-state index in [2.05, 4.69) is 22.2 Å². The summed E-state index contributed by atoms with van der Waals surface area (Å²) in [5.74, 6) is 1.64. The van der Waals surface area contributed by atoms with Gasteiger partial charge in [-0.3, -0.25) is 4.98 Å². The van der Waals surface area contributed by atoms with Crippen LogP contribution in [0, 0.1) is 0 Å². The lowest BCUT2D eigenvalue weighted by Crippen LogP contribution is -2.07. The molecule has 3 aromatic heterocycles. The molecule has 0 radical (unpaired) electrons. The van der Waals surface area contributed by atoms with Crippen LogP contribution >= 0.6 is 11.3 Å². The maximum atomic E-state index is 4.75. The number of fused-ring (bicyclic) bond motifs is 1. The van der Waals surface area contributed by atoms with Crippen molar-refractivity contribution < 1.29 is 0 Å². The molecule has 5 nitrogen and oxygen atoms in total. The molecule has 3 aromatic rings. The third kappa shape index (κ3) is 3.01. The summed E-state index contributed by atoms with van der Waals surface area (Å²) in [5, 5.41) is 4.57. The molecule has 0 unspecified atom stereocenters. The van der Waals surface area contributed by atoms with Gasteiger partial charge >= 0.3 is 0 Å². The molecule has 0 saturated carbocycles. The maximum Gasteiger partial charge on any atom is 0.180 e. The summed E-state index contributed by atoms with van der Waals surface area (Å²) in [7, 11) is 0. The molecule has 6 heteroatoms. The summed E-state index contributed by atoms with van der Waals surface area (Å²) in [6.45, 7) is 2.86. The molecule has 122 valence electrons. The Morgan fingerprint density at radius 1 is 1.17 bits per heavy atom. The van der Waals surface area contributed by atoms with Gasteiger partial charge in [-0.1, -0.05) is 13.0 Å². The average molecular weight is 337 g/mol. The zero-order valence-electron chi connectivity index (χ0n) is 13.6. The van der Waals surface area contributed by atoms with Crippen molar-refractivity contribution in [2.75, 3.05) is 5.32 Å². The Kier molecular flexibility index (Phi) is 4.21. The second-order valence-electron chi connectivity index (χ2n) is 5.82. The number of nitrogens with zero attached hydrogens (tertiary/aromatic N) is 4. The first-order valence-electron chi connectivity index (χ1n) is 8.32. The summed E-state index contributed by atoms with van der Waals surface area (Å²) in [5.41, 5.74) is 3.22. The Labute approximate surface area is 145 Å². The molecule has 0 atom stereocenters. The number of hydrogen-bond acceptors (Lipinski definition) is 6. The Morgan fingerprint density at radius 2 is 2.12 bits per heavy atom. The van der Waals surface area contributed by atoms with Crippen LogP contribution in [0.4, 0.5) is 5.82 Å². The summed E-state index contributed by atoms with van der Waals surface area (Å²) in [6, 6.07) is 5.83. The number of thiazole rings is 1. The Balaban J connectivity index is 1.63. The third-order valence-corrected chi connectivity index (χ3v) is 5.33. The van der Waals surface area contributed by atoms with Crippen molar-refractivity contribution in [3.63, 3.8) is 0 Å². The molecule has 0 bridgehead atoms. The molecular weight excluding hydrogens is 318 g/mol.